The molecule has 1 aliphatic heterocycles. The van der Waals surface area contributed by atoms with Gasteiger partial charge in [0.2, 0.25) is 11.8 Å². The maximum absolute atomic E-state index is 13.8. The molecule has 3 N–H and O–H groups in total. The molecule has 2 heterocycles. The number of nitrogens with one attached hydrogen (secondary N) is 2. The number of nitrogens with zero attached hydrogens (tertiary/aromatic N) is 2. The van der Waals surface area contributed by atoms with E-state index in [9.17, 15) is 29.1 Å². The van der Waals surface area contributed by atoms with E-state index in [-0.39, 0.29) is 24.3 Å². The monoisotopic (exact) mass is 520 g/mol. The number of aliphatic carboxylic acids is 1. The lowest BCUT2D eigenvalue weighted by Gasteiger charge is -2.31. The van der Waals surface area contributed by atoms with Gasteiger partial charge in [-0.2, -0.15) is 0 Å². The van der Waals surface area contributed by atoms with Gasteiger partial charge in [-0.05, 0) is 36.5 Å². The van der Waals surface area contributed by atoms with Gasteiger partial charge in [0.15, 0.2) is 0 Å². The van der Waals surface area contributed by atoms with Gasteiger partial charge >= 0.3 is 11.7 Å². The van der Waals surface area contributed by atoms with Crippen molar-refractivity contribution in [2.45, 2.75) is 57.7 Å². The zero-order valence-corrected chi connectivity index (χ0v) is 21.4. The van der Waals surface area contributed by atoms with E-state index in [0.717, 1.165) is 10.1 Å². The predicted octanol–water partition coefficient (Wildman–Crippen LogP) is 2.08. The molecule has 4 atom stereocenters. The van der Waals surface area contributed by atoms with E-state index in [4.69, 9.17) is 0 Å². The number of hydrogen-bond acceptors (Lipinski definition) is 5. The van der Waals surface area contributed by atoms with Crippen molar-refractivity contribution >= 4 is 28.7 Å². The number of aromatic amines is 1. The SMILES string of the molecule is CC[C@H](C)[C@H](NC(=O)[C@H](Cc1ccccc1)n1c(=O)[nH]c2ccccc2c1=O)C(=O)N1CCC[C@@H]1C(=O)O. The number of para-hydroxylation sites is 1. The number of carbonyl (C=O) groups excluding carboxylic acids is 2. The minimum absolute atomic E-state index is 0.0386. The molecule has 200 valence electrons. The Morgan fingerprint density at radius 1 is 1.08 bits per heavy atom. The van der Waals surface area contributed by atoms with Crippen molar-refractivity contribution in [3.05, 3.63) is 81.0 Å². The van der Waals surface area contributed by atoms with E-state index in [1.54, 1.807) is 55.5 Å². The minimum atomic E-state index is -1.24. The van der Waals surface area contributed by atoms with Crippen molar-refractivity contribution < 1.29 is 19.5 Å². The van der Waals surface area contributed by atoms with Crippen molar-refractivity contribution in [2.75, 3.05) is 6.54 Å². The van der Waals surface area contributed by atoms with Crippen LogP contribution in [0.2, 0.25) is 0 Å². The second kappa shape index (κ2) is 11.5. The number of carbonyl (C=O) groups is 3. The first-order valence-corrected chi connectivity index (χ1v) is 12.8. The van der Waals surface area contributed by atoms with Crippen LogP contribution in [0.25, 0.3) is 10.9 Å². The van der Waals surface area contributed by atoms with Crippen LogP contribution in [-0.4, -0.2) is 56.0 Å². The van der Waals surface area contributed by atoms with Gasteiger partial charge in [0.05, 0.1) is 10.9 Å². The number of hydrogen-bond donors (Lipinski definition) is 3. The number of amides is 2. The molecule has 0 saturated carbocycles. The molecule has 10 nitrogen and oxygen atoms in total. The number of H-pyrrole nitrogens is 1. The average molecular weight is 521 g/mol. The van der Waals surface area contributed by atoms with Crippen LogP contribution in [0.15, 0.2) is 64.2 Å². The van der Waals surface area contributed by atoms with Crippen molar-refractivity contribution in [1.29, 1.82) is 0 Å². The smallest absolute Gasteiger partial charge is 0.329 e. The highest BCUT2D eigenvalue weighted by Gasteiger charge is 2.40. The summed E-state index contributed by atoms with van der Waals surface area (Å²) in [4.78, 5) is 69.6. The van der Waals surface area contributed by atoms with Crippen LogP contribution >= 0.6 is 0 Å². The highest BCUT2D eigenvalue weighted by Crippen LogP contribution is 2.22. The van der Waals surface area contributed by atoms with E-state index in [0.29, 0.717) is 24.8 Å². The third kappa shape index (κ3) is 5.39. The Morgan fingerprint density at radius 2 is 1.76 bits per heavy atom. The van der Waals surface area contributed by atoms with Gasteiger partial charge in [0.1, 0.15) is 18.1 Å². The van der Waals surface area contributed by atoms with E-state index < -0.39 is 47.2 Å². The van der Waals surface area contributed by atoms with Gasteiger partial charge in [0.25, 0.3) is 5.56 Å². The maximum Gasteiger partial charge on any atom is 0.329 e. The Morgan fingerprint density at radius 3 is 2.45 bits per heavy atom. The molecule has 10 heteroatoms. The Bertz CT molecular complexity index is 1450. The number of fused-ring (bicyclic) bond motifs is 1. The normalized spacial score (nSPS) is 17.6. The third-order valence-corrected chi connectivity index (χ3v) is 7.32. The summed E-state index contributed by atoms with van der Waals surface area (Å²) >= 11 is 0. The fourth-order valence-corrected chi connectivity index (χ4v) is 5.00. The molecule has 1 aromatic heterocycles. The second-order valence-electron chi connectivity index (χ2n) is 9.76. The molecule has 0 spiro atoms. The summed E-state index contributed by atoms with van der Waals surface area (Å²) in [5.41, 5.74) is -0.262. The van der Waals surface area contributed by atoms with Crippen LogP contribution < -0.4 is 16.6 Å². The van der Waals surface area contributed by atoms with Gasteiger partial charge in [0, 0.05) is 13.0 Å². The molecule has 0 unspecified atom stereocenters. The number of rotatable bonds is 9. The zero-order valence-electron chi connectivity index (χ0n) is 21.4. The molecular formula is C28H32N4O6. The van der Waals surface area contributed by atoms with Crippen LogP contribution in [0.3, 0.4) is 0 Å². The largest absolute Gasteiger partial charge is 0.480 e. The van der Waals surface area contributed by atoms with Crippen LogP contribution in [0.5, 0.6) is 0 Å². The lowest BCUT2D eigenvalue weighted by molar-refractivity contribution is -0.150. The molecule has 1 saturated heterocycles. The van der Waals surface area contributed by atoms with Crippen molar-refractivity contribution in [2.24, 2.45) is 5.92 Å². The van der Waals surface area contributed by atoms with E-state index in [1.807, 2.05) is 13.0 Å². The molecule has 4 rings (SSSR count). The number of carboxylic acids is 1. The summed E-state index contributed by atoms with van der Waals surface area (Å²) in [5.74, 6) is -2.54. The summed E-state index contributed by atoms with van der Waals surface area (Å²) in [7, 11) is 0. The molecule has 2 amide bonds. The molecule has 38 heavy (non-hydrogen) atoms. The quantitative estimate of drug-likeness (QED) is 0.394. The molecule has 0 aliphatic carbocycles. The first-order chi connectivity index (χ1) is 18.2. The number of carboxylic acid groups (broad SMARTS) is 1. The highest BCUT2D eigenvalue weighted by molar-refractivity contribution is 5.92. The average Bonchev–Trinajstić information content (AvgIpc) is 3.41. The number of likely N-dealkylation sites (tertiary alicyclic amines) is 1. The van der Waals surface area contributed by atoms with Gasteiger partial charge in [-0.1, -0.05) is 62.7 Å². The van der Waals surface area contributed by atoms with Crippen molar-refractivity contribution in [3.8, 4) is 0 Å². The second-order valence-corrected chi connectivity index (χ2v) is 9.76. The van der Waals surface area contributed by atoms with E-state index in [1.165, 1.54) is 4.90 Å². The summed E-state index contributed by atoms with van der Waals surface area (Å²) in [6.07, 6.45) is 1.49. The first-order valence-electron chi connectivity index (χ1n) is 12.8. The standard InChI is InChI=1S/C28H32N4O6/c1-3-17(2)23(26(35)31-15-9-14-21(31)27(36)37)30-24(33)22(16-18-10-5-4-6-11-18)32-25(34)19-12-7-8-13-20(19)29-28(32)38/h4-8,10-13,17,21-23H,3,9,14-16H2,1-2H3,(H,29,38)(H,30,33)(H,36,37)/t17-,21+,22-,23-/m0/s1. The Hall–Kier alpha value is -4.21. The molecule has 0 bridgehead atoms. The van der Waals surface area contributed by atoms with E-state index in [2.05, 4.69) is 10.3 Å². The summed E-state index contributed by atoms with van der Waals surface area (Å²) in [6, 6.07) is 12.3. The van der Waals surface area contributed by atoms with Gasteiger partial charge in [-0.25, -0.2) is 14.2 Å². The highest BCUT2D eigenvalue weighted by atomic mass is 16.4. The van der Waals surface area contributed by atoms with E-state index >= 15 is 0 Å². The Labute approximate surface area is 219 Å². The van der Waals surface area contributed by atoms with Crippen molar-refractivity contribution in [1.82, 2.24) is 19.8 Å². The Balaban J connectivity index is 1.74. The minimum Gasteiger partial charge on any atom is -0.480 e. The van der Waals surface area contributed by atoms with Gasteiger partial charge in [-0.3, -0.25) is 14.4 Å². The fourth-order valence-electron chi connectivity index (χ4n) is 5.00. The zero-order chi connectivity index (χ0) is 27.4. The summed E-state index contributed by atoms with van der Waals surface area (Å²) in [6.45, 7) is 3.96. The first kappa shape index (κ1) is 26.8. The topological polar surface area (TPSA) is 142 Å². The van der Waals surface area contributed by atoms with Crippen LogP contribution in [0, 0.1) is 5.92 Å². The summed E-state index contributed by atoms with van der Waals surface area (Å²) in [5, 5.41) is 12.6. The van der Waals surface area contributed by atoms with Gasteiger partial charge in [-0.15, -0.1) is 0 Å². The maximum atomic E-state index is 13.8. The predicted molar refractivity (Wildman–Crippen MR) is 142 cm³/mol. The number of benzene rings is 2. The molecule has 0 radical (unpaired) electrons. The third-order valence-electron chi connectivity index (χ3n) is 7.32. The molecule has 2 aromatic carbocycles. The number of aromatic nitrogens is 2. The molecular weight excluding hydrogens is 488 g/mol. The fraction of sp³-hybridized carbons (Fsp3) is 0.393. The molecule has 3 aromatic rings. The molecule has 1 fully saturated rings. The van der Waals surface area contributed by atoms with Crippen LogP contribution in [-0.2, 0) is 20.8 Å². The summed E-state index contributed by atoms with van der Waals surface area (Å²) < 4.78 is 0.902. The molecule has 1 aliphatic rings. The Kier molecular flexibility index (Phi) is 8.09. The van der Waals surface area contributed by atoms with Crippen LogP contribution in [0.4, 0.5) is 0 Å². The van der Waals surface area contributed by atoms with Crippen LogP contribution in [0.1, 0.15) is 44.7 Å². The lowest BCUT2D eigenvalue weighted by atomic mass is 9.96. The van der Waals surface area contributed by atoms with Gasteiger partial charge < -0.3 is 20.3 Å². The van der Waals surface area contributed by atoms with Crippen molar-refractivity contribution in [3.63, 3.8) is 0 Å². The lowest BCUT2D eigenvalue weighted by Crippen LogP contribution is -2.56.